The van der Waals surface area contributed by atoms with Gasteiger partial charge in [0, 0.05) is 17.1 Å². The maximum atomic E-state index is 13.3. The first kappa shape index (κ1) is 10.2. The van der Waals surface area contributed by atoms with E-state index in [1.807, 2.05) is 0 Å². The van der Waals surface area contributed by atoms with Crippen LogP contribution in [-0.4, -0.2) is 10.1 Å². The highest BCUT2D eigenvalue weighted by Gasteiger charge is 2.17. The number of rotatable bonds is 2. The van der Waals surface area contributed by atoms with Crippen molar-refractivity contribution in [2.24, 2.45) is 0 Å². The van der Waals surface area contributed by atoms with E-state index in [4.69, 9.17) is 0 Å². The van der Waals surface area contributed by atoms with Crippen LogP contribution >= 0.6 is 11.3 Å². The SMILES string of the molecule is OC(c1nccs1)c1cc(F)ccc1F. The molecule has 1 heterocycles. The Labute approximate surface area is 88.8 Å². The van der Waals surface area contributed by atoms with E-state index < -0.39 is 17.7 Å². The van der Waals surface area contributed by atoms with E-state index in [0.717, 1.165) is 18.2 Å². The number of aliphatic hydroxyl groups is 1. The molecule has 1 aromatic heterocycles. The summed E-state index contributed by atoms with van der Waals surface area (Å²) in [7, 11) is 0. The minimum absolute atomic E-state index is 0.0926. The normalized spacial score (nSPS) is 12.7. The lowest BCUT2D eigenvalue weighted by atomic mass is 10.1. The van der Waals surface area contributed by atoms with E-state index in [0.29, 0.717) is 5.01 Å². The van der Waals surface area contributed by atoms with Crippen LogP contribution in [0.15, 0.2) is 29.8 Å². The minimum atomic E-state index is -1.21. The second-order valence-corrected chi connectivity index (χ2v) is 3.86. The Morgan fingerprint density at radius 3 is 2.80 bits per heavy atom. The number of halogens is 2. The van der Waals surface area contributed by atoms with Crippen molar-refractivity contribution < 1.29 is 13.9 Å². The number of benzene rings is 1. The number of thiazole rings is 1. The Morgan fingerprint density at radius 2 is 2.13 bits per heavy atom. The van der Waals surface area contributed by atoms with Crippen LogP contribution in [0.25, 0.3) is 0 Å². The summed E-state index contributed by atoms with van der Waals surface area (Å²) in [5, 5.41) is 11.7. The van der Waals surface area contributed by atoms with Gasteiger partial charge in [-0.05, 0) is 18.2 Å². The Morgan fingerprint density at radius 1 is 1.33 bits per heavy atom. The molecular weight excluding hydrogens is 220 g/mol. The summed E-state index contributed by atoms with van der Waals surface area (Å²) in [6, 6.07) is 2.97. The lowest BCUT2D eigenvalue weighted by molar-refractivity contribution is 0.214. The van der Waals surface area contributed by atoms with Crippen molar-refractivity contribution >= 4 is 11.3 Å². The minimum Gasteiger partial charge on any atom is -0.381 e. The van der Waals surface area contributed by atoms with Crippen LogP contribution in [0.3, 0.4) is 0 Å². The highest BCUT2D eigenvalue weighted by atomic mass is 32.1. The van der Waals surface area contributed by atoms with Gasteiger partial charge in [0.1, 0.15) is 22.7 Å². The fraction of sp³-hybridized carbons (Fsp3) is 0.100. The molecule has 2 aromatic rings. The van der Waals surface area contributed by atoms with Gasteiger partial charge in [0.25, 0.3) is 0 Å². The van der Waals surface area contributed by atoms with Crippen molar-refractivity contribution in [1.82, 2.24) is 4.98 Å². The van der Waals surface area contributed by atoms with Crippen molar-refractivity contribution in [2.75, 3.05) is 0 Å². The van der Waals surface area contributed by atoms with Gasteiger partial charge in [-0.25, -0.2) is 13.8 Å². The zero-order chi connectivity index (χ0) is 10.8. The summed E-state index contributed by atoms with van der Waals surface area (Å²) in [6.07, 6.45) is 0.293. The molecular formula is C10H7F2NOS. The average molecular weight is 227 g/mol. The fourth-order valence-corrected chi connectivity index (χ4v) is 1.87. The molecule has 0 bridgehead atoms. The smallest absolute Gasteiger partial charge is 0.133 e. The van der Waals surface area contributed by atoms with E-state index in [1.165, 1.54) is 17.5 Å². The molecule has 0 fully saturated rings. The molecule has 78 valence electrons. The van der Waals surface area contributed by atoms with Crippen LogP contribution in [0.5, 0.6) is 0 Å². The third-order valence-corrected chi connectivity index (χ3v) is 2.77. The lowest BCUT2D eigenvalue weighted by Crippen LogP contribution is -2.02. The topological polar surface area (TPSA) is 33.1 Å². The van der Waals surface area contributed by atoms with Gasteiger partial charge in [-0.1, -0.05) is 0 Å². The third-order valence-electron chi connectivity index (χ3n) is 1.94. The molecule has 2 rings (SSSR count). The molecule has 0 spiro atoms. The quantitative estimate of drug-likeness (QED) is 0.855. The number of aromatic nitrogens is 1. The monoisotopic (exact) mass is 227 g/mol. The average Bonchev–Trinajstić information content (AvgIpc) is 2.74. The van der Waals surface area contributed by atoms with Gasteiger partial charge >= 0.3 is 0 Å². The van der Waals surface area contributed by atoms with Crippen molar-refractivity contribution in [3.63, 3.8) is 0 Å². The molecule has 0 aliphatic rings. The van der Waals surface area contributed by atoms with E-state index in [1.54, 1.807) is 5.38 Å². The molecule has 0 aliphatic carbocycles. The molecule has 0 amide bonds. The van der Waals surface area contributed by atoms with Crippen LogP contribution in [0.2, 0.25) is 0 Å². The van der Waals surface area contributed by atoms with Crippen molar-refractivity contribution in [2.45, 2.75) is 6.10 Å². The highest BCUT2D eigenvalue weighted by Crippen LogP contribution is 2.26. The molecule has 15 heavy (non-hydrogen) atoms. The van der Waals surface area contributed by atoms with Crippen molar-refractivity contribution in [3.8, 4) is 0 Å². The van der Waals surface area contributed by atoms with Gasteiger partial charge in [-0.2, -0.15) is 0 Å². The lowest BCUT2D eigenvalue weighted by Gasteiger charge is -2.08. The Hall–Kier alpha value is -1.33. The molecule has 5 heteroatoms. The van der Waals surface area contributed by atoms with E-state index in [-0.39, 0.29) is 5.56 Å². The molecule has 1 atom stereocenters. The van der Waals surface area contributed by atoms with Gasteiger partial charge in [0.2, 0.25) is 0 Å². The zero-order valence-electron chi connectivity index (χ0n) is 7.52. The number of hydrogen-bond acceptors (Lipinski definition) is 3. The Kier molecular flexibility index (Phi) is 2.75. The summed E-state index contributed by atoms with van der Waals surface area (Å²) < 4.78 is 26.1. The van der Waals surface area contributed by atoms with Gasteiger partial charge in [0.05, 0.1) is 0 Å². The second-order valence-electron chi connectivity index (χ2n) is 2.94. The molecule has 1 aromatic carbocycles. The summed E-state index contributed by atoms with van der Waals surface area (Å²) in [5.41, 5.74) is -0.0926. The molecule has 0 saturated carbocycles. The van der Waals surface area contributed by atoms with Crippen LogP contribution < -0.4 is 0 Å². The first-order valence-electron chi connectivity index (χ1n) is 4.21. The first-order chi connectivity index (χ1) is 7.18. The molecule has 2 nitrogen and oxygen atoms in total. The first-order valence-corrected chi connectivity index (χ1v) is 5.09. The van der Waals surface area contributed by atoms with Crippen LogP contribution in [0.4, 0.5) is 8.78 Å². The summed E-state index contributed by atoms with van der Waals surface area (Å²) >= 11 is 1.19. The number of aliphatic hydroxyl groups excluding tert-OH is 1. The van der Waals surface area contributed by atoms with Crippen molar-refractivity contribution in [1.29, 1.82) is 0 Å². The van der Waals surface area contributed by atoms with Crippen LogP contribution in [0, 0.1) is 11.6 Å². The molecule has 0 radical (unpaired) electrons. The van der Waals surface area contributed by atoms with Crippen LogP contribution in [0.1, 0.15) is 16.7 Å². The second kappa shape index (κ2) is 4.04. The molecule has 1 unspecified atom stereocenters. The standard InChI is InChI=1S/C10H7F2NOS/c11-6-1-2-8(12)7(5-6)9(14)10-13-3-4-15-10/h1-5,9,14H. The van der Waals surface area contributed by atoms with E-state index in [9.17, 15) is 13.9 Å². The molecule has 0 saturated heterocycles. The van der Waals surface area contributed by atoms with Gasteiger partial charge in [-0.15, -0.1) is 11.3 Å². The van der Waals surface area contributed by atoms with Gasteiger partial charge in [0.15, 0.2) is 0 Å². The largest absolute Gasteiger partial charge is 0.381 e. The van der Waals surface area contributed by atoms with Gasteiger partial charge < -0.3 is 5.11 Å². The zero-order valence-corrected chi connectivity index (χ0v) is 8.34. The molecule has 1 N–H and O–H groups in total. The Balaban J connectivity index is 2.41. The summed E-state index contributed by atoms with van der Waals surface area (Å²) in [4.78, 5) is 3.84. The van der Waals surface area contributed by atoms with Gasteiger partial charge in [-0.3, -0.25) is 0 Å². The predicted octanol–water partition coefficient (Wildman–Crippen LogP) is 2.50. The highest BCUT2D eigenvalue weighted by molar-refractivity contribution is 7.09. The fourth-order valence-electron chi connectivity index (χ4n) is 1.23. The summed E-state index contributed by atoms with van der Waals surface area (Å²) in [5.74, 6) is -1.22. The van der Waals surface area contributed by atoms with E-state index in [2.05, 4.69) is 4.98 Å². The predicted molar refractivity (Wildman–Crippen MR) is 52.5 cm³/mol. The van der Waals surface area contributed by atoms with Crippen LogP contribution in [-0.2, 0) is 0 Å². The number of nitrogens with zero attached hydrogens (tertiary/aromatic N) is 1. The third kappa shape index (κ3) is 2.03. The Bertz CT molecular complexity index is 458. The number of hydrogen-bond donors (Lipinski definition) is 1. The maximum Gasteiger partial charge on any atom is 0.133 e. The van der Waals surface area contributed by atoms with E-state index >= 15 is 0 Å². The maximum absolute atomic E-state index is 13.3. The summed E-state index contributed by atoms with van der Waals surface area (Å²) in [6.45, 7) is 0. The molecule has 0 aliphatic heterocycles. The van der Waals surface area contributed by atoms with Crippen molar-refractivity contribution in [3.05, 3.63) is 52.0 Å².